The molecule has 0 spiro atoms. The van der Waals surface area contributed by atoms with E-state index in [2.05, 4.69) is 17.4 Å². The molecule has 0 bridgehead atoms. The summed E-state index contributed by atoms with van der Waals surface area (Å²) in [6.45, 7) is 2.72. The molecule has 0 aromatic heterocycles. The van der Waals surface area contributed by atoms with Gasteiger partial charge in [0.25, 0.3) is 0 Å². The van der Waals surface area contributed by atoms with Gasteiger partial charge in [0.1, 0.15) is 0 Å². The second-order valence-electron chi connectivity index (χ2n) is 5.70. The van der Waals surface area contributed by atoms with Crippen LogP contribution in [-0.2, 0) is 0 Å². The van der Waals surface area contributed by atoms with Gasteiger partial charge in [-0.25, -0.2) is 0 Å². The highest BCUT2D eigenvalue weighted by atomic mass is 35.5. The van der Waals surface area contributed by atoms with Crippen molar-refractivity contribution in [3.8, 4) is 0 Å². The molecule has 3 N–H and O–H groups in total. The van der Waals surface area contributed by atoms with Crippen molar-refractivity contribution < 1.29 is 0 Å². The molecule has 19 heavy (non-hydrogen) atoms. The number of halogens is 1. The largest absolute Gasteiger partial charge is 0.381 e. The monoisotopic (exact) mass is 280 g/mol. The van der Waals surface area contributed by atoms with Crippen LogP contribution in [0.25, 0.3) is 0 Å². The van der Waals surface area contributed by atoms with Gasteiger partial charge in [0, 0.05) is 23.3 Å². The lowest BCUT2D eigenvalue weighted by Crippen LogP contribution is -2.36. The Morgan fingerprint density at radius 2 is 1.95 bits per heavy atom. The van der Waals surface area contributed by atoms with Gasteiger partial charge >= 0.3 is 0 Å². The number of hydrogen-bond acceptors (Lipinski definition) is 2. The Hall–Kier alpha value is -0.730. The number of nitrogens with two attached hydrogens (primary N) is 1. The van der Waals surface area contributed by atoms with Gasteiger partial charge in [-0.1, -0.05) is 43.4 Å². The van der Waals surface area contributed by atoms with Crippen molar-refractivity contribution in [2.24, 2.45) is 11.7 Å². The van der Waals surface area contributed by atoms with Crippen LogP contribution in [0.3, 0.4) is 0 Å². The molecule has 1 atom stereocenters. The summed E-state index contributed by atoms with van der Waals surface area (Å²) in [6, 6.07) is 6.54. The van der Waals surface area contributed by atoms with E-state index in [0.717, 1.165) is 16.3 Å². The molecule has 1 saturated carbocycles. The first-order chi connectivity index (χ1) is 9.20. The fraction of sp³-hybridized carbons (Fsp3) is 0.625. The van der Waals surface area contributed by atoms with Crippen LogP contribution in [0.1, 0.15) is 44.1 Å². The summed E-state index contributed by atoms with van der Waals surface area (Å²) in [5, 5.41) is 4.41. The topological polar surface area (TPSA) is 38.0 Å². The molecule has 0 saturated heterocycles. The van der Waals surface area contributed by atoms with Crippen LogP contribution in [0, 0.1) is 12.8 Å². The zero-order valence-electron chi connectivity index (χ0n) is 11.8. The first-order valence-corrected chi connectivity index (χ1v) is 7.81. The van der Waals surface area contributed by atoms with E-state index >= 15 is 0 Å². The van der Waals surface area contributed by atoms with E-state index in [-0.39, 0.29) is 0 Å². The third-order valence-corrected chi connectivity index (χ3v) is 4.65. The number of anilines is 1. The van der Waals surface area contributed by atoms with Crippen LogP contribution in [0.4, 0.5) is 5.69 Å². The van der Waals surface area contributed by atoms with Gasteiger partial charge in [-0.2, -0.15) is 0 Å². The minimum atomic E-state index is 0.372. The predicted molar refractivity (Wildman–Crippen MR) is 83.8 cm³/mol. The van der Waals surface area contributed by atoms with E-state index in [4.69, 9.17) is 17.3 Å². The van der Waals surface area contributed by atoms with Crippen LogP contribution < -0.4 is 11.1 Å². The number of benzene rings is 1. The number of nitrogens with one attached hydrogen (secondary N) is 1. The zero-order chi connectivity index (χ0) is 13.7. The molecule has 106 valence electrons. The standard InChI is InChI=1S/C16H25ClN2/c1-12-8-9-14(10-15(12)17)19-16(11-18)13-6-4-2-3-5-7-13/h8-10,13,16,19H,2-7,11,18H2,1H3. The molecular formula is C16H25ClN2. The minimum Gasteiger partial charge on any atom is -0.381 e. The van der Waals surface area contributed by atoms with Gasteiger partial charge in [-0.05, 0) is 43.4 Å². The van der Waals surface area contributed by atoms with Gasteiger partial charge in [0.2, 0.25) is 0 Å². The van der Waals surface area contributed by atoms with Crippen molar-refractivity contribution in [1.29, 1.82) is 0 Å². The summed E-state index contributed by atoms with van der Waals surface area (Å²) in [4.78, 5) is 0. The summed E-state index contributed by atoms with van der Waals surface area (Å²) in [5.41, 5.74) is 8.18. The second-order valence-corrected chi connectivity index (χ2v) is 6.11. The average Bonchev–Trinajstić information content (AvgIpc) is 2.69. The van der Waals surface area contributed by atoms with Crippen molar-refractivity contribution in [2.45, 2.75) is 51.5 Å². The zero-order valence-corrected chi connectivity index (χ0v) is 12.5. The number of hydrogen-bond donors (Lipinski definition) is 2. The van der Waals surface area contributed by atoms with Gasteiger partial charge in [-0.15, -0.1) is 0 Å². The fourth-order valence-electron chi connectivity index (χ4n) is 2.98. The highest BCUT2D eigenvalue weighted by Crippen LogP contribution is 2.28. The maximum Gasteiger partial charge on any atom is 0.0455 e. The lowest BCUT2D eigenvalue weighted by Gasteiger charge is -2.27. The van der Waals surface area contributed by atoms with Crippen molar-refractivity contribution in [2.75, 3.05) is 11.9 Å². The fourth-order valence-corrected chi connectivity index (χ4v) is 3.16. The molecule has 0 heterocycles. The van der Waals surface area contributed by atoms with Gasteiger partial charge < -0.3 is 11.1 Å². The summed E-state index contributed by atoms with van der Waals surface area (Å²) in [7, 11) is 0. The van der Waals surface area contributed by atoms with Crippen LogP contribution >= 0.6 is 11.6 Å². The molecule has 0 radical (unpaired) electrons. The highest BCUT2D eigenvalue weighted by molar-refractivity contribution is 6.31. The SMILES string of the molecule is Cc1ccc(NC(CN)C2CCCCCC2)cc1Cl. The van der Waals surface area contributed by atoms with E-state index in [1.807, 2.05) is 13.0 Å². The van der Waals surface area contributed by atoms with Crippen LogP contribution in [0.2, 0.25) is 5.02 Å². The summed E-state index contributed by atoms with van der Waals surface area (Å²) in [5.74, 6) is 0.701. The summed E-state index contributed by atoms with van der Waals surface area (Å²) < 4.78 is 0. The van der Waals surface area contributed by atoms with E-state index in [9.17, 15) is 0 Å². The van der Waals surface area contributed by atoms with E-state index in [1.54, 1.807) is 0 Å². The summed E-state index contributed by atoms with van der Waals surface area (Å²) >= 11 is 6.18. The Bertz CT molecular complexity index is 398. The lowest BCUT2D eigenvalue weighted by atomic mass is 9.91. The first kappa shape index (κ1) is 14.7. The van der Waals surface area contributed by atoms with Gasteiger partial charge in [0.15, 0.2) is 0 Å². The molecular weight excluding hydrogens is 256 g/mol. The highest BCUT2D eigenvalue weighted by Gasteiger charge is 2.21. The van der Waals surface area contributed by atoms with E-state index in [1.165, 1.54) is 38.5 Å². The van der Waals surface area contributed by atoms with Gasteiger partial charge in [-0.3, -0.25) is 0 Å². The molecule has 3 heteroatoms. The van der Waals surface area contributed by atoms with Crippen molar-refractivity contribution >= 4 is 17.3 Å². The lowest BCUT2D eigenvalue weighted by molar-refractivity contribution is 0.398. The van der Waals surface area contributed by atoms with Gasteiger partial charge in [0.05, 0.1) is 0 Å². The molecule has 1 aromatic carbocycles. The Morgan fingerprint density at radius 3 is 2.53 bits per heavy atom. The van der Waals surface area contributed by atoms with Crippen molar-refractivity contribution in [1.82, 2.24) is 0 Å². The smallest absolute Gasteiger partial charge is 0.0455 e. The molecule has 2 rings (SSSR count). The molecule has 1 unspecified atom stereocenters. The molecule has 1 aliphatic carbocycles. The van der Waals surface area contributed by atoms with Crippen LogP contribution in [0.15, 0.2) is 18.2 Å². The van der Waals surface area contributed by atoms with E-state index < -0.39 is 0 Å². The first-order valence-electron chi connectivity index (χ1n) is 7.43. The molecule has 0 amide bonds. The molecule has 0 aliphatic heterocycles. The number of aryl methyl sites for hydroxylation is 1. The third kappa shape index (κ3) is 4.12. The third-order valence-electron chi connectivity index (χ3n) is 4.25. The quantitative estimate of drug-likeness (QED) is 0.804. The second kappa shape index (κ2) is 7.16. The number of rotatable bonds is 4. The Labute approximate surface area is 121 Å². The molecule has 2 nitrogen and oxygen atoms in total. The molecule has 1 aromatic rings. The average molecular weight is 281 g/mol. The Balaban J connectivity index is 2.02. The molecule has 1 aliphatic rings. The minimum absolute atomic E-state index is 0.372. The summed E-state index contributed by atoms with van der Waals surface area (Å²) in [6.07, 6.45) is 8.05. The maximum atomic E-state index is 6.18. The Kier molecular flexibility index (Phi) is 5.53. The predicted octanol–water partition coefficient (Wildman–Crippen LogP) is 4.36. The normalized spacial score (nSPS) is 18.9. The van der Waals surface area contributed by atoms with Crippen molar-refractivity contribution in [3.05, 3.63) is 28.8 Å². The molecule has 1 fully saturated rings. The van der Waals surface area contributed by atoms with E-state index in [0.29, 0.717) is 18.5 Å². The van der Waals surface area contributed by atoms with Crippen LogP contribution in [-0.4, -0.2) is 12.6 Å². The maximum absolute atomic E-state index is 6.18. The van der Waals surface area contributed by atoms with Crippen molar-refractivity contribution in [3.63, 3.8) is 0 Å². The van der Waals surface area contributed by atoms with Crippen LogP contribution in [0.5, 0.6) is 0 Å². The Morgan fingerprint density at radius 1 is 1.26 bits per heavy atom.